The van der Waals surface area contributed by atoms with Crippen molar-refractivity contribution in [2.75, 3.05) is 0 Å². The lowest BCUT2D eigenvalue weighted by Crippen LogP contribution is -2.05. The van der Waals surface area contributed by atoms with E-state index in [-0.39, 0.29) is 17.1 Å². The van der Waals surface area contributed by atoms with Gasteiger partial charge in [-0.25, -0.2) is 9.07 Å². The topological polar surface area (TPSA) is 27.1 Å². The van der Waals surface area contributed by atoms with Crippen LogP contribution in [-0.4, -0.2) is 16.4 Å². The van der Waals surface area contributed by atoms with Gasteiger partial charge in [0, 0.05) is 24.2 Å². The molecule has 0 atom stereocenters. The van der Waals surface area contributed by atoms with E-state index in [1.165, 1.54) is 25.2 Å². The summed E-state index contributed by atoms with van der Waals surface area (Å²) in [4.78, 5) is 0. The predicted molar refractivity (Wildman–Crippen MR) is 63.2 cm³/mol. The molecular weight excluding hydrogens is 257 g/mol. The average Bonchev–Trinajstić information content (AvgIpc) is 2.69. The lowest BCUT2D eigenvalue weighted by atomic mass is 10.1. The van der Waals surface area contributed by atoms with E-state index in [9.17, 15) is 13.2 Å². The molecule has 0 bridgehead atoms. The molecule has 98 valence electrons. The highest BCUT2D eigenvalue weighted by Crippen LogP contribution is 2.26. The maximum Gasteiger partial charge on any atom is 0.388 e. The Morgan fingerprint density at radius 1 is 1.37 bits per heavy atom. The van der Waals surface area contributed by atoms with E-state index in [2.05, 4.69) is 15.8 Å². The zero-order valence-electron chi connectivity index (χ0n) is 9.90. The summed E-state index contributed by atoms with van der Waals surface area (Å²) in [5.74, 6) is 1.58. The van der Waals surface area contributed by atoms with Gasteiger partial charge in [-0.15, -0.1) is 6.42 Å². The smallest absolute Gasteiger partial charge is 0.388 e. The fourth-order valence-corrected chi connectivity index (χ4v) is 1.60. The Bertz CT molecular complexity index is 644. The van der Waals surface area contributed by atoms with Gasteiger partial charge in [0.1, 0.15) is 5.82 Å². The molecule has 0 radical (unpaired) electrons. The molecule has 1 aromatic heterocycles. The van der Waals surface area contributed by atoms with Crippen molar-refractivity contribution < 1.29 is 17.9 Å². The van der Waals surface area contributed by atoms with Crippen LogP contribution in [0.15, 0.2) is 24.3 Å². The van der Waals surface area contributed by atoms with Gasteiger partial charge in [0.15, 0.2) is 0 Å². The quantitative estimate of drug-likeness (QED) is 0.799. The van der Waals surface area contributed by atoms with E-state index >= 15 is 0 Å². The van der Waals surface area contributed by atoms with Crippen molar-refractivity contribution in [1.82, 2.24) is 9.78 Å². The molecule has 19 heavy (non-hydrogen) atoms. The predicted octanol–water partition coefficient (Wildman–Crippen LogP) is 2.81. The molecule has 1 aromatic carbocycles. The van der Waals surface area contributed by atoms with Gasteiger partial charge < -0.3 is 4.74 Å². The third-order valence-corrected chi connectivity index (χ3v) is 2.46. The SMILES string of the molecule is C#Cc1ccc(-c2cc(OC(F)F)n(C)n2)c(F)c1. The van der Waals surface area contributed by atoms with E-state index in [0.717, 1.165) is 4.68 Å². The Kier molecular flexibility index (Phi) is 3.47. The Hall–Kier alpha value is -2.42. The summed E-state index contributed by atoms with van der Waals surface area (Å²) in [5, 5.41) is 3.92. The largest absolute Gasteiger partial charge is 0.417 e. The highest BCUT2D eigenvalue weighted by Gasteiger charge is 2.15. The molecule has 0 saturated heterocycles. The van der Waals surface area contributed by atoms with Crippen molar-refractivity contribution in [3.8, 4) is 29.5 Å². The van der Waals surface area contributed by atoms with Crippen LogP contribution < -0.4 is 4.74 Å². The van der Waals surface area contributed by atoms with Gasteiger partial charge in [0.2, 0.25) is 5.88 Å². The fourth-order valence-electron chi connectivity index (χ4n) is 1.60. The van der Waals surface area contributed by atoms with Gasteiger partial charge in [-0.1, -0.05) is 5.92 Å². The van der Waals surface area contributed by atoms with E-state index in [4.69, 9.17) is 6.42 Å². The molecule has 0 aliphatic heterocycles. The highest BCUT2D eigenvalue weighted by atomic mass is 19.3. The maximum atomic E-state index is 13.8. The van der Waals surface area contributed by atoms with Gasteiger partial charge in [-0.2, -0.15) is 13.9 Å². The number of halogens is 3. The number of hydrogen-bond donors (Lipinski definition) is 0. The highest BCUT2D eigenvalue weighted by molar-refractivity contribution is 5.62. The van der Waals surface area contributed by atoms with Crippen molar-refractivity contribution in [1.29, 1.82) is 0 Å². The van der Waals surface area contributed by atoms with E-state index in [1.807, 2.05) is 0 Å². The van der Waals surface area contributed by atoms with Crippen LogP contribution in [0.5, 0.6) is 5.88 Å². The molecule has 6 heteroatoms. The molecule has 3 nitrogen and oxygen atoms in total. The number of ether oxygens (including phenoxy) is 1. The molecule has 0 N–H and O–H groups in total. The number of rotatable bonds is 3. The van der Waals surface area contributed by atoms with Crippen molar-refractivity contribution in [2.24, 2.45) is 7.05 Å². The molecule has 0 fully saturated rings. The van der Waals surface area contributed by atoms with Crippen LogP contribution >= 0.6 is 0 Å². The summed E-state index contributed by atoms with van der Waals surface area (Å²) in [6, 6.07) is 5.40. The third kappa shape index (κ3) is 2.71. The third-order valence-electron chi connectivity index (χ3n) is 2.46. The molecular formula is C13H9F3N2O. The number of hydrogen-bond acceptors (Lipinski definition) is 2. The number of aromatic nitrogens is 2. The second-order valence-electron chi connectivity index (χ2n) is 3.71. The standard InChI is InChI=1S/C13H9F3N2O/c1-3-8-4-5-9(10(14)6-8)11-7-12(18(2)17-11)19-13(15)16/h1,4-7,13H,2H3. The minimum Gasteiger partial charge on any atom is -0.417 e. The molecule has 0 spiro atoms. The molecule has 0 aliphatic carbocycles. The molecule has 0 unspecified atom stereocenters. The number of benzene rings is 1. The van der Waals surface area contributed by atoms with Crippen LogP contribution in [0, 0.1) is 18.2 Å². The molecule has 0 saturated carbocycles. The zero-order chi connectivity index (χ0) is 14.0. The monoisotopic (exact) mass is 266 g/mol. The number of alkyl halides is 2. The fraction of sp³-hybridized carbons (Fsp3) is 0.154. The lowest BCUT2D eigenvalue weighted by Gasteiger charge is -2.01. The van der Waals surface area contributed by atoms with Gasteiger partial charge in [0.05, 0.1) is 5.69 Å². The van der Waals surface area contributed by atoms with Crippen molar-refractivity contribution in [3.05, 3.63) is 35.6 Å². The Balaban J connectivity index is 2.40. The summed E-state index contributed by atoms with van der Waals surface area (Å²) in [7, 11) is 1.43. The average molecular weight is 266 g/mol. The van der Waals surface area contributed by atoms with E-state index in [0.29, 0.717) is 5.56 Å². The summed E-state index contributed by atoms with van der Waals surface area (Å²) in [6.45, 7) is -2.96. The van der Waals surface area contributed by atoms with Crippen molar-refractivity contribution in [3.63, 3.8) is 0 Å². The van der Waals surface area contributed by atoms with E-state index < -0.39 is 12.4 Å². The van der Waals surface area contributed by atoms with Gasteiger partial charge in [-0.05, 0) is 18.2 Å². The molecule has 0 aliphatic rings. The van der Waals surface area contributed by atoms with Gasteiger partial charge in [0.25, 0.3) is 0 Å². The first-order valence-electron chi connectivity index (χ1n) is 5.26. The van der Waals surface area contributed by atoms with Crippen LogP contribution in [0.2, 0.25) is 0 Å². The van der Waals surface area contributed by atoms with Gasteiger partial charge >= 0.3 is 6.61 Å². The molecule has 0 amide bonds. The van der Waals surface area contributed by atoms with Crippen LogP contribution in [0.1, 0.15) is 5.56 Å². The normalized spacial score (nSPS) is 10.5. The number of aryl methyl sites for hydroxylation is 1. The van der Waals surface area contributed by atoms with Crippen LogP contribution in [0.4, 0.5) is 13.2 Å². The van der Waals surface area contributed by atoms with E-state index in [1.54, 1.807) is 6.07 Å². The summed E-state index contributed by atoms with van der Waals surface area (Å²) in [6.07, 6.45) is 5.15. The second kappa shape index (κ2) is 5.06. The van der Waals surface area contributed by atoms with Crippen LogP contribution in [0.25, 0.3) is 11.3 Å². The molecule has 1 heterocycles. The van der Waals surface area contributed by atoms with Crippen molar-refractivity contribution in [2.45, 2.75) is 6.61 Å². The molecule has 2 aromatic rings. The first kappa shape index (κ1) is 13.0. The Morgan fingerprint density at radius 2 is 2.11 bits per heavy atom. The lowest BCUT2D eigenvalue weighted by molar-refractivity contribution is -0.0553. The first-order chi connectivity index (χ1) is 9.01. The molecule has 2 rings (SSSR count). The Labute approximate surface area is 107 Å². The van der Waals surface area contributed by atoms with Crippen molar-refractivity contribution >= 4 is 0 Å². The summed E-state index contributed by atoms with van der Waals surface area (Å²) in [5.41, 5.74) is 0.749. The number of terminal acetylenes is 1. The Morgan fingerprint density at radius 3 is 2.68 bits per heavy atom. The summed E-state index contributed by atoms with van der Waals surface area (Å²) < 4.78 is 43.4. The van der Waals surface area contributed by atoms with Crippen LogP contribution in [-0.2, 0) is 7.05 Å². The van der Waals surface area contributed by atoms with Gasteiger partial charge in [-0.3, -0.25) is 0 Å². The maximum absolute atomic E-state index is 13.8. The second-order valence-corrected chi connectivity index (χ2v) is 3.71. The first-order valence-corrected chi connectivity index (χ1v) is 5.26. The minimum absolute atomic E-state index is 0.148. The van der Waals surface area contributed by atoms with Crippen LogP contribution in [0.3, 0.4) is 0 Å². The number of nitrogens with zero attached hydrogens (tertiary/aromatic N) is 2. The zero-order valence-corrected chi connectivity index (χ0v) is 9.90. The minimum atomic E-state index is -2.96. The summed E-state index contributed by atoms with van der Waals surface area (Å²) >= 11 is 0.